The number of rotatable bonds is 3. The van der Waals surface area contributed by atoms with Crippen LogP contribution in [0.4, 0.5) is 19.1 Å². The molecule has 0 unspecified atom stereocenters. The third kappa shape index (κ3) is 3.16. The Kier molecular flexibility index (Phi) is 4.33. The van der Waals surface area contributed by atoms with Gasteiger partial charge in [0, 0.05) is 25.2 Å². The number of imidazole rings is 1. The van der Waals surface area contributed by atoms with Crippen LogP contribution in [0.25, 0.3) is 11.0 Å². The molecule has 27 heavy (non-hydrogen) atoms. The molecular weight excluding hydrogens is 359 g/mol. The van der Waals surface area contributed by atoms with Crippen LogP contribution >= 0.6 is 0 Å². The second kappa shape index (κ2) is 6.56. The van der Waals surface area contributed by atoms with Gasteiger partial charge in [-0.1, -0.05) is 0 Å². The van der Waals surface area contributed by atoms with Gasteiger partial charge in [0.25, 0.3) is 0 Å². The van der Waals surface area contributed by atoms with Crippen molar-refractivity contribution >= 4 is 17.0 Å². The van der Waals surface area contributed by atoms with E-state index < -0.39 is 23.8 Å². The minimum atomic E-state index is -1.08. The molecule has 1 aliphatic rings. The van der Waals surface area contributed by atoms with Crippen LogP contribution in [0.1, 0.15) is 23.8 Å². The molecule has 0 radical (unpaired) electrons. The van der Waals surface area contributed by atoms with Crippen molar-refractivity contribution < 1.29 is 17.6 Å². The number of hydrogen-bond acceptors (Lipinski definition) is 5. The van der Waals surface area contributed by atoms with Gasteiger partial charge in [0.05, 0.1) is 22.8 Å². The number of nitrogens with two attached hydrogens (primary N) is 1. The van der Waals surface area contributed by atoms with Gasteiger partial charge in [-0.25, -0.2) is 23.1 Å². The van der Waals surface area contributed by atoms with Gasteiger partial charge in [0.1, 0.15) is 18.5 Å². The van der Waals surface area contributed by atoms with Crippen LogP contribution in [0.5, 0.6) is 0 Å². The number of piperidine rings is 1. The Morgan fingerprint density at radius 2 is 1.96 bits per heavy atom. The quantitative estimate of drug-likeness (QED) is 0.758. The van der Waals surface area contributed by atoms with E-state index in [1.807, 2.05) is 11.8 Å². The third-order valence-electron chi connectivity index (χ3n) is 4.99. The summed E-state index contributed by atoms with van der Waals surface area (Å²) >= 11 is 0. The summed E-state index contributed by atoms with van der Waals surface area (Å²) in [6.07, 6.45) is -0.810. The molecule has 6 nitrogen and oxygen atoms in total. The van der Waals surface area contributed by atoms with Crippen molar-refractivity contribution in [2.75, 3.05) is 18.0 Å². The van der Waals surface area contributed by atoms with Gasteiger partial charge in [0.15, 0.2) is 11.6 Å². The Bertz CT molecular complexity index is 979. The molecule has 1 saturated heterocycles. The van der Waals surface area contributed by atoms with Gasteiger partial charge >= 0.3 is 0 Å². The Morgan fingerprint density at radius 1 is 1.22 bits per heavy atom. The molecule has 3 aromatic rings. The fraction of sp³-hybridized carbons (Fsp3) is 0.444. The fourth-order valence-electron chi connectivity index (χ4n) is 3.38. The molecular formula is C18H20F3N5O. The topological polar surface area (TPSA) is 73.1 Å². The van der Waals surface area contributed by atoms with Crippen molar-refractivity contribution in [3.63, 3.8) is 0 Å². The molecule has 0 spiro atoms. The second-order valence-corrected chi connectivity index (χ2v) is 6.92. The van der Waals surface area contributed by atoms with E-state index in [1.165, 1.54) is 0 Å². The molecule has 1 fully saturated rings. The number of alkyl halides is 1. The van der Waals surface area contributed by atoms with Crippen LogP contribution in [-0.2, 0) is 6.54 Å². The maximum atomic E-state index is 13.9. The number of halogens is 3. The maximum Gasteiger partial charge on any atom is 0.214 e. The van der Waals surface area contributed by atoms with Crippen LogP contribution in [0, 0.1) is 25.5 Å². The lowest BCUT2D eigenvalue weighted by atomic mass is 10.1. The number of benzene rings is 1. The lowest BCUT2D eigenvalue weighted by Gasteiger charge is -2.33. The highest BCUT2D eigenvalue weighted by molar-refractivity contribution is 5.79. The van der Waals surface area contributed by atoms with Gasteiger partial charge in [-0.15, -0.1) is 0 Å². The second-order valence-electron chi connectivity index (χ2n) is 6.92. The van der Waals surface area contributed by atoms with Gasteiger partial charge in [-0.05, 0) is 20.3 Å². The maximum absolute atomic E-state index is 13.9. The largest absolute Gasteiger partial charge is 0.444 e. The molecule has 9 heteroatoms. The van der Waals surface area contributed by atoms with Crippen molar-refractivity contribution in [3.05, 3.63) is 41.1 Å². The first kappa shape index (κ1) is 17.8. The van der Waals surface area contributed by atoms with E-state index in [0.29, 0.717) is 35.2 Å². The van der Waals surface area contributed by atoms with E-state index in [-0.39, 0.29) is 19.5 Å². The molecule has 0 aliphatic carbocycles. The molecule has 144 valence electrons. The average molecular weight is 379 g/mol. The van der Waals surface area contributed by atoms with Crippen LogP contribution in [-0.4, -0.2) is 39.8 Å². The summed E-state index contributed by atoms with van der Waals surface area (Å²) in [5.74, 6) is -0.353. The SMILES string of the molecule is Cc1nc(Cn2c(N3CC[C@@H](F)[C@H](N)C3)nc3cc(F)c(F)cc32)oc1C. The van der Waals surface area contributed by atoms with Crippen LogP contribution in [0.2, 0.25) is 0 Å². The average Bonchev–Trinajstić information content (AvgIpc) is 3.11. The molecule has 3 heterocycles. The zero-order valence-electron chi connectivity index (χ0n) is 15.0. The van der Waals surface area contributed by atoms with Crippen molar-refractivity contribution in [2.45, 2.75) is 39.0 Å². The first-order valence-corrected chi connectivity index (χ1v) is 8.76. The Hall–Kier alpha value is -2.55. The Morgan fingerprint density at radius 3 is 2.63 bits per heavy atom. The standard InChI is InChI=1S/C18H20F3N5O/c1-9-10(2)27-17(23-9)8-26-16-6-13(21)12(20)5-15(16)24-18(26)25-4-3-11(19)14(22)7-25/h5-6,11,14H,3-4,7-8,22H2,1-2H3/t11-,14-/m1/s1. The molecule has 0 bridgehead atoms. The number of fused-ring (bicyclic) bond motifs is 1. The summed E-state index contributed by atoms with van der Waals surface area (Å²) in [6, 6.07) is 1.51. The molecule has 2 N–H and O–H groups in total. The van der Waals surface area contributed by atoms with E-state index >= 15 is 0 Å². The smallest absolute Gasteiger partial charge is 0.214 e. The molecule has 2 atom stereocenters. The zero-order chi connectivity index (χ0) is 19.3. The first-order chi connectivity index (χ1) is 12.8. The van der Waals surface area contributed by atoms with E-state index in [1.54, 1.807) is 11.5 Å². The predicted octanol–water partition coefficient (Wildman–Crippen LogP) is 2.84. The molecule has 0 saturated carbocycles. The predicted molar refractivity (Wildman–Crippen MR) is 94.4 cm³/mol. The van der Waals surface area contributed by atoms with Gasteiger partial charge in [-0.2, -0.15) is 0 Å². The van der Waals surface area contributed by atoms with E-state index in [4.69, 9.17) is 10.2 Å². The highest BCUT2D eigenvalue weighted by Crippen LogP contribution is 2.28. The molecule has 4 rings (SSSR count). The summed E-state index contributed by atoms with van der Waals surface area (Å²) in [5, 5.41) is 0. The van der Waals surface area contributed by atoms with E-state index in [9.17, 15) is 13.2 Å². The summed E-state index contributed by atoms with van der Waals surface area (Å²) < 4.78 is 48.7. The van der Waals surface area contributed by atoms with Gasteiger partial charge < -0.3 is 19.6 Å². The minimum absolute atomic E-state index is 0.191. The minimum Gasteiger partial charge on any atom is -0.444 e. The number of hydrogen-bond donors (Lipinski definition) is 1. The molecule has 0 amide bonds. The molecule has 1 aromatic carbocycles. The monoisotopic (exact) mass is 379 g/mol. The lowest BCUT2D eigenvalue weighted by Crippen LogP contribution is -2.50. The van der Waals surface area contributed by atoms with Crippen molar-refractivity contribution in [2.24, 2.45) is 5.73 Å². The molecule has 2 aromatic heterocycles. The number of aryl methyl sites for hydroxylation is 2. The third-order valence-corrected chi connectivity index (χ3v) is 4.99. The van der Waals surface area contributed by atoms with Crippen molar-refractivity contribution in [3.8, 4) is 0 Å². The van der Waals surface area contributed by atoms with E-state index in [2.05, 4.69) is 9.97 Å². The Labute approximate surface area is 153 Å². The number of aromatic nitrogens is 3. The summed E-state index contributed by atoms with van der Waals surface area (Å²) in [5.41, 5.74) is 7.34. The fourth-order valence-corrected chi connectivity index (χ4v) is 3.38. The summed E-state index contributed by atoms with van der Waals surface area (Å²) in [7, 11) is 0. The van der Waals surface area contributed by atoms with Crippen LogP contribution < -0.4 is 10.6 Å². The Balaban J connectivity index is 1.81. The lowest BCUT2D eigenvalue weighted by molar-refractivity contribution is 0.243. The highest BCUT2D eigenvalue weighted by Gasteiger charge is 2.30. The first-order valence-electron chi connectivity index (χ1n) is 8.76. The van der Waals surface area contributed by atoms with Crippen molar-refractivity contribution in [1.29, 1.82) is 0 Å². The highest BCUT2D eigenvalue weighted by atomic mass is 19.2. The number of anilines is 1. The van der Waals surface area contributed by atoms with Crippen LogP contribution in [0.15, 0.2) is 16.5 Å². The van der Waals surface area contributed by atoms with E-state index in [0.717, 1.165) is 17.8 Å². The summed E-state index contributed by atoms with van der Waals surface area (Å²) in [6.45, 7) is 4.50. The zero-order valence-corrected chi connectivity index (χ0v) is 15.0. The van der Waals surface area contributed by atoms with Crippen LogP contribution in [0.3, 0.4) is 0 Å². The van der Waals surface area contributed by atoms with Gasteiger partial charge in [0.2, 0.25) is 11.8 Å². The summed E-state index contributed by atoms with van der Waals surface area (Å²) in [4.78, 5) is 10.6. The normalized spacial score (nSPS) is 20.6. The van der Waals surface area contributed by atoms with Crippen molar-refractivity contribution in [1.82, 2.24) is 14.5 Å². The number of oxazole rings is 1. The molecule has 1 aliphatic heterocycles. The van der Waals surface area contributed by atoms with Gasteiger partial charge in [-0.3, -0.25) is 0 Å². The number of nitrogens with zero attached hydrogens (tertiary/aromatic N) is 4.